The lowest BCUT2D eigenvalue weighted by molar-refractivity contribution is 1.12. The number of nitrogens with zero attached hydrogens (tertiary/aromatic N) is 3. The van der Waals surface area contributed by atoms with E-state index in [0.29, 0.717) is 11.5 Å². The minimum Gasteiger partial charge on any atom is -0.308 e. The van der Waals surface area contributed by atoms with Crippen molar-refractivity contribution in [2.24, 2.45) is 11.7 Å². The molecular formula is C7H9N7. The molecule has 0 saturated heterocycles. The molecule has 7 heteroatoms. The Kier molecular flexibility index (Phi) is 2.09. The summed E-state index contributed by atoms with van der Waals surface area (Å²) in [5.74, 6) is 11.2. The highest BCUT2D eigenvalue weighted by Gasteiger charge is 2.05. The molecule has 0 fully saturated rings. The maximum absolute atomic E-state index is 5.30. The van der Waals surface area contributed by atoms with Gasteiger partial charge in [-0.3, -0.25) is 5.43 Å². The molecule has 6 N–H and O–H groups in total. The van der Waals surface area contributed by atoms with Crippen LogP contribution in [0.25, 0.3) is 11.0 Å². The molecule has 0 spiro atoms. The van der Waals surface area contributed by atoms with Crippen LogP contribution in [0.4, 0.5) is 11.8 Å². The monoisotopic (exact) mass is 191 g/mol. The molecule has 7 nitrogen and oxygen atoms in total. The van der Waals surface area contributed by atoms with Gasteiger partial charge in [0.1, 0.15) is 0 Å². The van der Waals surface area contributed by atoms with Gasteiger partial charge in [-0.1, -0.05) is 0 Å². The maximum atomic E-state index is 5.30. The zero-order chi connectivity index (χ0) is 9.97. The van der Waals surface area contributed by atoms with Gasteiger partial charge in [-0.2, -0.15) is 9.97 Å². The van der Waals surface area contributed by atoms with Crippen LogP contribution < -0.4 is 22.5 Å². The smallest absolute Gasteiger partial charge is 0.241 e. The number of hydrogen-bond donors (Lipinski definition) is 4. The van der Waals surface area contributed by atoms with Crippen molar-refractivity contribution in [3.8, 4) is 0 Å². The van der Waals surface area contributed by atoms with Crippen LogP contribution in [-0.2, 0) is 0 Å². The Morgan fingerprint density at radius 2 is 2.00 bits per heavy atom. The van der Waals surface area contributed by atoms with Crippen molar-refractivity contribution in [2.75, 3.05) is 10.9 Å². The Morgan fingerprint density at radius 1 is 1.14 bits per heavy atom. The first-order chi connectivity index (χ1) is 6.85. The van der Waals surface area contributed by atoms with Crippen molar-refractivity contribution >= 4 is 22.8 Å². The van der Waals surface area contributed by atoms with E-state index in [1.807, 2.05) is 6.07 Å². The van der Waals surface area contributed by atoms with E-state index < -0.39 is 0 Å². The summed E-state index contributed by atoms with van der Waals surface area (Å²) in [4.78, 5) is 12.1. The van der Waals surface area contributed by atoms with Crippen molar-refractivity contribution < 1.29 is 0 Å². The molecule has 2 aromatic rings. The Labute approximate surface area is 79.5 Å². The van der Waals surface area contributed by atoms with Crippen LogP contribution in [-0.4, -0.2) is 15.0 Å². The molecule has 0 aromatic carbocycles. The molecule has 0 aliphatic rings. The van der Waals surface area contributed by atoms with Gasteiger partial charge in [0.25, 0.3) is 0 Å². The first kappa shape index (κ1) is 8.60. The van der Waals surface area contributed by atoms with E-state index in [-0.39, 0.29) is 5.95 Å². The van der Waals surface area contributed by atoms with E-state index in [1.54, 1.807) is 12.3 Å². The number of anilines is 2. The molecule has 14 heavy (non-hydrogen) atoms. The average Bonchev–Trinajstić information content (AvgIpc) is 2.27. The molecule has 2 rings (SSSR count). The SMILES string of the molecule is NNc1nc(NN)c2cccnc2n1. The third-order valence-corrected chi connectivity index (χ3v) is 1.74. The van der Waals surface area contributed by atoms with E-state index >= 15 is 0 Å². The maximum Gasteiger partial charge on any atom is 0.241 e. The predicted octanol–water partition coefficient (Wildman–Crippen LogP) is -0.404. The van der Waals surface area contributed by atoms with E-state index in [4.69, 9.17) is 11.7 Å². The van der Waals surface area contributed by atoms with Gasteiger partial charge in [0.15, 0.2) is 11.5 Å². The van der Waals surface area contributed by atoms with Crippen molar-refractivity contribution in [1.82, 2.24) is 15.0 Å². The standard InChI is InChI=1S/C7H9N7/c8-13-6-4-2-1-3-10-5(4)11-7(12-6)14-9/h1-3H,8-9H2,(H2,10,11,12,13,14). The van der Waals surface area contributed by atoms with Crippen LogP contribution in [0.15, 0.2) is 18.3 Å². The van der Waals surface area contributed by atoms with E-state index in [9.17, 15) is 0 Å². The Balaban J connectivity index is 2.73. The number of aromatic nitrogens is 3. The van der Waals surface area contributed by atoms with Crippen molar-refractivity contribution in [3.63, 3.8) is 0 Å². The van der Waals surface area contributed by atoms with Crippen LogP contribution >= 0.6 is 0 Å². The molecule has 0 atom stereocenters. The van der Waals surface area contributed by atoms with Crippen LogP contribution in [0.2, 0.25) is 0 Å². The molecule has 72 valence electrons. The second kappa shape index (κ2) is 3.40. The summed E-state index contributed by atoms with van der Waals surface area (Å²) in [6.07, 6.45) is 1.63. The minimum atomic E-state index is 0.268. The average molecular weight is 191 g/mol. The molecular weight excluding hydrogens is 182 g/mol. The number of hydrogen-bond acceptors (Lipinski definition) is 7. The second-order valence-electron chi connectivity index (χ2n) is 2.56. The van der Waals surface area contributed by atoms with Gasteiger partial charge in [0.05, 0.1) is 5.39 Å². The summed E-state index contributed by atoms with van der Waals surface area (Å²) in [6.45, 7) is 0. The quantitative estimate of drug-likeness (QED) is 0.377. The third kappa shape index (κ3) is 1.30. The van der Waals surface area contributed by atoms with Crippen molar-refractivity contribution in [1.29, 1.82) is 0 Å². The number of nitrogen functional groups attached to an aromatic ring is 2. The molecule has 0 aliphatic carbocycles. The largest absolute Gasteiger partial charge is 0.308 e. The highest BCUT2D eigenvalue weighted by molar-refractivity contribution is 5.86. The van der Waals surface area contributed by atoms with E-state index in [2.05, 4.69) is 25.8 Å². The van der Waals surface area contributed by atoms with E-state index in [0.717, 1.165) is 5.39 Å². The molecule has 0 amide bonds. The Hall–Kier alpha value is -1.99. The summed E-state index contributed by atoms with van der Waals surface area (Å²) in [7, 11) is 0. The van der Waals surface area contributed by atoms with Gasteiger partial charge >= 0.3 is 0 Å². The highest BCUT2D eigenvalue weighted by atomic mass is 15.3. The van der Waals surface area contributed by atoms with Crippen LogP contribution in [0.5, 0.6) is 0 Å². The van der Waals surface area contributed by atoms with Gasteiger partial charge in [0, 0.05) is 6.20 Å². The number of hydrazine groups is 2. The van der Waals surface area contributed by atoms with Gasteiger partial charge < -0.3 is 5.43 Å². The van der Waals surface area contributed by atoms with Crippen molar-refractivity contribution in [2.45, 2.75) is 0 Å². The first-order valence-corrected chi connectivity index (χ1v) is 3.91. The first-order valence-electron chi connectivity index (χ1n) is 3.91. The fraction of sp³-hybridized carbons (Fsp3) is 0. The lowest BCUT2D eigenvalue weighted by Crippen LogP contribution is -2.15. The molecule has 0 bridgehead atoms. The highest BCUT2D eigenvalue weighted by Crippen LogP contribution is 2.18. The lowest BCUT2D eigenvalue weighted by atomic mass is 10.3. The number of nitrogens with one attached hydrogen (secondary N) is 2. The molecule has 0 unspecified atom stereocenters. The molecule has 2 heterocycles. The number of pyridine rings is 1. The number of rotatable bonds is 2. The Morgan fingerprint density at radius 3 is 2.71 bits per heavy atom. The third-order valence-electron chi connectivity index (χ3n) is 1.74. The molecule has 0 radical (unpaired) electrons. The summed E-state index contributed by atoms with van der Waals surface area (Å²) < 4.78 is 0. The van der Waals surface area contributed by atoms with Crippen LogP contribution in [0, 0.1) is 0 Å². The molecule has 0 aliphatic heterocycles. The fourth-order valence-electron chi connectivity index (χ4n) is 1.14. The number of nitrogens with two attached hydrogens (primary N) is 2. The summed E-state index contributed by atoms with van der Waals surface area (Å²) in [6, 6.07) is 3.60. The zero-order valence-electron chi connectivity index (χ0n) is 7.23. The zero-order valence-corrected chi connectivity index (χ0v) is 7.23. The summed E-state index contributed by atoms with van der Waals surface area (Å²) in [5, 5.41) is 0.744. The minimum absolute atomic E-state index is 0.268. The molecule has 0 saturated carbocycles. The lowest BCUT2D eigenvalue weighted by Gasteiger charge is -2.05. The second-order valence-corrected chi connectivity index (χ2v) is 2.56. The van der Waals surface area contributed by atoms with Crippen LogP contribution in [0.1, 0.15) is 0 Å². The van der Waals surface area contributed by atoms with Gasteiger partial charge in [-0.25, -0.2) is 16.7 Å². The Bertz CT molecular complexity index is 455. The summed E-state index contributed by atoms with van der Waals surface area (Å²) in [5.41, 5.74) is 5.32. The topological polar surface area (TPSA) is 115 Å². The van der Waals surface area contributed by atoms with Gasteiger partial charge in [0.2, 0.25) is 5.95 Å². The predicted molar refractivity (Wildman–Crippen MR) is 53.0 cm³/mol. The summed E-state index contributed by atoms with van der Waals surface area (Å²) >= 11 is 0. The van der Waals surface area contributed by atoms with E-state index in [1.165, 1.54) is 0 Å². The normalized spacial score (nSPS) is 10.1. The van der Waals surface area contributed by atoms with Gasteiger partial charge in [-0.15, -0.1) is 0 Å². The van der Waals surface area contributed by atoms with Crippen LogP contribution in [0.3, 0.4) is 0 Å². The van der Waals surface area contributed by atoms with Gasteiger partial charge in [-0.05, 0) is 12.1 Å². The fourth-order valence-corrected chi connectivity index (χ4v) is 1.14. The number of fused-ring (bicyclic) bond motifs is 1. The molecule has 2 aromatic heterocycles. The van der Waals surface area contributed by atoms with Crippen molar-refractivity contribution in [3.05, 3.63) is 18.3 Å².